The van der Waals surface area contributed by atoms with Crippen LogP contribution in [0.5, 0.6) is 5.75 Å². The molecule has 6 heteroatoms. The highest BCUT2D eigenvalue weighted by atomic mass is 79.9. The molecule has 2 aromatic carbocycles. The van der Waals surface area contributed by atoms with E-state index in [0.29, 0.717) is 23.3 Å². The van der Waals surface area contributed by atoms with Crippen LogP contribution >= 0.6 is 15.9 Å². The van der Waals surface area contributed by atoms with Crippen LogP contribution in [0.15, 0.2) is 65.4 Å². The van der Waals surface area contributed by atoms with Gasteiger partial charge in [-0.05, 0) is 29.8 Å². The molecule has 0 spiro atoms. The molecule has 118 valence electrons. The average Bonchev–Trinajstić information content (AvgIpc) is 3.06. The van der Waals surface area contributed by atoms with Crippen molar-refractivity contribution in [2.75, 3.05) is 0 Å². The molecule has 0 unspecified atom stereocenters. The van der Waals surface area contributed by atoms with Crippen molar-refractivity contribution in [2.45, 2.75) is 6.54 Å². The van der Waals surface area contributed by atoms with E-state index in [1.165, 1.54) is 0 Å². The first-order chi connectivity index (χ1) is 11.7. The number of benzene rings is 2. The predicted octanol–water partition coefficient (Wildman–Crippen LogP) is 4.01. The monoisotopic (exact) mass is 380 g/mol. The highest BCUT2D eigenvalue weighted by Gasteiger charge is 2.12. The third-order valence-corrected chi connectivity index (χ3v) is 4.35. The Bertz CT molecular complexity index is 1010. The molecular weight excluding hydrogens is 368 g/mol. The molecule has 0 amide bonds. The first-order valence-corrected chi connectivity index (χ1v) is 8.22. The Hall–Kier alpha value is -2.73. The zero-order valence-corrected chi connectivity index (χ0v) is 14.2. The lowest BCUT2D eigenvalue weighted by molar-refractivity contribution is 0.482. The highest BCUT2D eigenvalue weighted by molar-refractivity contribution is 9.10. The second kappa shape index (κ2) is 6.05. The molecule has 2 heterocycles. The van der Waals surface area contributed by atoms with Gasteiger partial charge in [-0.3, -0.25) is 4.98 Å². The third-order valence-electron chi connectivity index (χ3n) is 3.82. The summed E-state index contributed by atoms with van der Waals surface area (Å²) in [5, 5.41) is 19.7. The van der Waals surface area contributed by atoms with Crippen molar-refractivity contribution in [2.24, 2.45) is 0 Å². The summed E-state index contributed by atoms with van der Waals surface area (Å²) in [7, 11) is 0. The molecule has 0 radical (unpaired) electrons. The predicted molar refractivity (Wildman–Crippen MR) is 95.7 cm³/mol. The van der Waals surface area contributed by atoms with E-state index in [2.05, 4.69) is 31.2 Å². The number of phenols is 1. The van der Waals surface area contributed by atoms with Gasteiger partial charge in [0.2, 0.25) is 0 Å². The summed E-state index contributed by atoms with van der Waals surface area (Å²) in [4.78, 5) is 4.24. The number of aromatic nitrogens is 4. The van der Waals surface area contributed by atoms with Gasteiger partial charge in [-0.25, -0.2) is 4.68 Å². The van der Waals surface area contributed by atoms with Crippen molar-refractivity contribution in [1.29, 1.82) is 0 Å². The smallest absolute Gasteiger partial charge is 0.151 e. The number of fused-ring (bicyclic) bond motifs is 1. The summed E-state index contributed by atoms with van der Waals surface area (Å²) in [6.07, 6.45) is 3.49. The Kier molecular flexibility index (Phi) is 3.74. The van der Waals surface area contributed by atoms with Gasteiger partial charge in [0.05, 0.1) is 12.7 Å². The first kappa shape index (κ1) is 14.8. The fourth-order valence-corrected chi connectivity index (χ4v) is 2.88. The van der Waals surface area contributed by atoms with Gasteiger partial charge in [-0.2, -0.15) is 0 Å². The van der Waals surface area contributed by atoms with E-state index in [1.54, 1.807) is 10.9 Å². The summed E-state index contributed by atoms with van der Waals surface area (Å²) < 4.78 is 2.79. The molecule has 0 aliphatic carbocycles. The van der Waals surface area contributed by atoms with E-state index >= 15 is 0 Å². The maximum absolute atomic E-state index is 10.5. The van der Waals surface area contributed by atoms with Crippen LogP contribution in [0.1, 0.15) is 5.56 Å². The number of halogens is 1. The van der Waals surface area contributed by atoms with Crippen LogP contribution in [0.25, 0.3) is 22.2 Å². The number of phenolic OH excluding ortho intramolecular Hbond substituents is 1. The lowest BCUT2D eigenvalue weighted by atomic mass is 10.1. The SMILES string of the molecule is Oc1c(-c2cn(Cc3ccc(Br)cc3)nn2)ccc2cccnc12. The zero-order valence-electron chi connectivity index (χ0n) is 12.6. The fraction of sp³-hybridized carbons (Fsp3) is 0.0556. The van der Waals surface area contributed by atoms with Gasteiger partial charge in [0.15, 0.2) is 5.75 Å². The van der Waals surface area contributed by atoms with E-state index < -0.39 is 0 Å². The number of hydrogen-bond acceptors (Lipinski definition) is 4. The number of nitrogens with zero attached hydrogens (tertiary/aromatic N) is 4. The van der Waals surface area contributed by atoms with Crippen molar-refractivity contribution in [3.05, 3.63) is 71.0 Å². The minimum Gasteiger partial charge on any atom is -0.505 e. The Morgan fingerprint density at radius 3 is 2.71 bits per heavy atom. The van der Waals surface area contributed by atoms with E-state index in [0.717, 1.165) is 15.4 Å². The molecule has 0 saturated carbocycles. The number of aromatic hydroxyl groups is 1. The van der Waals surface area contributed by atoms with Crippen LogP contribution in [-0.4, -0.2) is 25.1 Å². The molecule has 0 aliphatic rings. The molecular formula is C18H13BrN4O. The number of rotatable bonds is 3. The lowest BCUT2D eigenvalue weighted by Gasteiger charge is -2.04. The van der Waals surface area contributed by atoms with Gasteiger partial charge < -0.3 is 5.11 Å². The lowest BCUT2D eigenvalue weighted by Crippen LogP contribution is -1.99. The van der Waals surface area contributed by atoms with Gasteiger partial charge in [0, 0.05) is 21.6 Å². The fourth-order valence-electron chi connectivity index (χ4n) is 2.61. The van der Waals surface area contributed by atoms with E-state index in [4.69, 9.17) is 0 Å². The maximum Gasteiger partial charge on any atom is 0.151 e. The molecule has 1 N–H and O–H groups in total. The minimum atomic E-state index is 0.129. The summed E-state index contributed by atoms with van der Waals surface area (Å²) in [6, 6.07) is 15.6. The Morgan fingerprint density at radius 2 is 1.88 bits per heavy atom. The van der Waals surface area contributed by atoms with Gasteiger partial charge in [0.1, 0.15) is 11.2 Å². The van der Waals surface area contributed by atoms with Crippen LogP contribution in [0.2, 0.25) is 0 Å². The Morgan fingerprint density at radius 1 is 1.04 bits per heavy atom. The van der Waals surface area contributed by atoms with E-state index in [-0.39, 0.29) is 5.75 Å². The van der Waals surface area contributed by atoms with Gasteiger partial charge in [-0.15, -0.1) is 5.10 Å². The topological polar surface area (TPSA) is 63.8 Å². The zero-order chi connectivity index (χ0) is 16.5. The van der Waals surface area contributed by atoms with Crippen LogP contribution in [-0.2, 0) is 6.54 Å². The molecule has 0 saturated heterocycles. The third kappa shape index (κ3) is 2.76. The molecule has 5 nitrogen and oxygen atoms in total. The largest absolute Gasteiger partial charge is 0.505 e. The van der Waals surface area contributed by atoms with Crippen LogP contribution < -0.4 is 0 Å². The van der Waals surface area contributed by atoms with Crippen LogP contribution in [0.4, 0.5) is 0 Å². The first-order valence-electron chi connectivity index (χ1n) is 7.42. The summed E-state index contributed by atoms with van der Waals surface area (Å²) in [5.74, 6) is 0.129. The van der Waals surface area contributed by atoms with Crippen molar-refractivity contribution in [1.82, 2.24) is 20.0 Å². The molecule has 0 aliphatic heterocycles. The van der Waals surface area contributed by atoms with Gasteiger partial charge >= 0.3 is 0 Å². The van der Waals surface area contributed by atoms with Crippen molar-refractivity contribution in [3.8, 4) is 17.0 Å². The second-order valence-electron chi connectivity index (χ2n) is 5.46. The summed E-state index contributed by atoms with van der Waals surface area (Å²) in [5.41, 5.74) is 2.94. The standard InChI is InChI=1S/C18H13BrN4O/c19-14-6-3-12(4-7-14)10-23-11-16(21-22-23)15-8-5-13-2-1-9-20-17(13)18(15)24/h1-9,11,24H,10H2. The van der Waals surface area contributed by atoms with Gasteiger partial charge in [-0.1, -0.05) is 45.4 Å². The second-order valence-corrected chi connectivity index (χ2v) is 6.38. The average molecular weight is 381 g/mol. The van der Waals surface area contributed by atoms with E-state index in [1.807, 2.05) is 54.7 Å². The van der Waals surface area contributed by atoms with E-state index in [9.17, 15) is 5.11 Å². The molecule has 4 aromatic rings. The molecule has 0 atom stereocenters. The molecule has 2 aromatic heterocycles. The number of pyridine rings is 1. The minimum absolute atomic E-state index is 0.129. The molecule has 24 heavy (non-hydrogen) atoms. The number of hydrogen-bond donors (Lipinski definition) is 1. The molecule has 4 rings (SSSR count). The molecule has 0 bridgehead atoms. The summed E-state index contributed by atoms with van der Waals surface area (Å²) >= 11 is 3.42. The maximum atomic E-state index is 10.5. The van der Waals surface area contributed by atoms with Crippen molar-refractivity contribution >= 4 is 26.8 Å². The molecule has 0 fully saturated rings. The van der Waals surface area contributed by atoms with Crippen LogP contribution in [0.3, 0.4) is 0 Å². The normalized spacial score (nSPS) is 11.0. The Labute approximate surface area is 146 Å². The summed E-state index contributed by atoms with van der Waals surface area (Å²) in [6.45, 7) is 0.618. The quantitative estimate of drug-likeness (QED) is 0.583. The highest BCUT2D eigenvalue weighted by Crippen LogP contribution is 2.33. The van der Waals surface area contributed by atoms with Crippen LogP contribution in [0, 0.1) is 0 Å². The van der Waals surface area contributed by atoms with Crippen molar-refractivity contribution < 1.29 is 5.11 Å². The Balaban J connectivity index is 1.67. The van der Waals surface area contributed by atoms with Crippen molar-refractivity contribution in [3.63, 3.8) is 0 Å². The van der Waals surface area contributed by atoms with Gasteiger partial charge in [0.25, 0.3) is 0 Å².